The number of unbranched alkanes of at least 4 members (excludes halogenated alkanes) is 2. The zero-order valence-corrected chi connectivity index (χ0v) is 18.1. The summed E-state index contributed by atoms with van der Waals surface area (Å²) in [6.07, 6.45) is 4.16. The number of aromatic hydroxyl groups is 1. The second-order valence-corrected chi connectivity index (χ2v) is 7.91. The van der Waals surface area contributed by atoms with E-state index in [-0.39, 0.29) is 17.7 Å². The van der Waals surface area contributed by atoms with Gasteiger partial charge in [0, 0.05) is 17.7 Å². The summed E-state index contributed by atoms with van der Waals surface area (Å²) in [4.78, 5) is 15.1. The van der Waals surface area contributed by atoms with Gasteiger partial charge in [-0.2, -0.15) is 5.10 Å². The van der Waals surface area contributed by atoms with Crippen LogP contribution in [0.3, 0.4) is 0 Å². The molecule has 1 aromatic heterocycles. The van der Waals surface area contributed by atoms with Crippen molar-refractivity contribution < 1.29 is 14.6 Å². The average molecular weight is 420 g/mol. The average Bonchev–Trinajstić information content (AvgIpc) is 3.31. The predicted octanol–water partition coefficient (Wildman–Crippen LogP) is 5.31. The summed E-state index contributed by atoms with van der Waals surface area (Å²) in [6, 6.07) is 14.8. The number of aromatic nitrogens is 2. The Morgan fingerprint density at radius 2 is 1.94 bits per heavy atom. The Morgan fingerprint density at radius 3 is 2.71 bits per heavy atom. The number of carbonyl (C=O) groups excluding carboxylic acids is 1. The van der Waals surface area contributed by atoms with E-state index >= 15 is 0 Å². The zero-order valence-electron chi connectivity index (χ0n) is 18.1. The minimum atomic E-state index is -0.282. The number of fused-ring (bicyclic) bond motifs is 1. The maximum Gasteiger partial charge on any atom is 0.273 e. The van der Waals surface area contributed by atoms with Crippen LogP contribution in [-0.2, 0) is 0 Å². The first-order chi connectivity index (χ1) is 15.2. The molecule has 1 atom stereocenters. The lowest BCUT2D eigenvalue weighted by Crippen LogP contribution is -2.30. The SMILES string of the molecule is CCCCCOc1cccc(C2c3c(-c4ccccc4O)n[nH]c3C(=O)N2CCC)c1. The standard InChI is InChI=1S/C25H29N3O3/c1-3-5-8-15-31-18-11-9-10-17(16-18)24-21-22(19-12-6-7-13-20(19)29)26-27-23(21)25(30)28(24)14-4-2/h6-7,9-13,16,24,29H,3-5,8,14-15H2,1-2H3,(H,26,27). The van der Waals surface area contributed by atoms with Gasteiger partial charge in [-0.3, -0.25) is 9.89 Å². The maximum absolute atomic E-state index is 13.2. The molecule has 6 nitrogen and oxygen atoms in total. The summed E-state index contributed by atoms with van der Waals surface area (Å²) < 4.78 is 5.97. The number of nitrogens with zero attached hydrogens (tertiary/aromatic N) is 2. The molecule has 0 aliphatic carbocycles. The zero-order chi connectivity index (χ0) is 21.8. The van der Waals surface area contributed by atoms with Crippen molar-refractivity contribution >= 4 is 5.91 Å². The highest BCUT2D eigenvalue weighted by atomic mass is 16.5. The van der Waals surface area contributed by atoms with E-state index in [0.29, 0.717) is 30.1 Å². The largest absolute Gasteiger partial charge is 0.507 e. The Bertz CT molecular complexity index is 1060. The lowest BCUT2D eigenvalue weighted by Gasteiger charge is -2.26. The molecule has 162 valence electrons. The minimum absolute atomic E-state index is 0.0645. The third-order valence-corrected chi connectivity index (χ3v) is 5.68. The molecule has 0 spiro atoms. The molecule has 6 heteroatoms. The summed E-state index contributed by atoms with van der Waals surface area (Å²) in [7, 11) is 0. The third-order valence-electron chi connectivity index (χ3n) is 5.68. The molecule has 0 bridgehead atoms. The molecule has 3 aromatic rings. The van der Waals surface area contributed by atoms with Gasteiger partial charge in [-0.15, -0.1) is 0 Å². The first-order valence-electron chi connectivity index (χ1n) is 11.1. The molecule has 2 heterocycles. The van der Waals surface area contributed by atoms with Crippen LogP contribution in [0, 0.1) is 0 Å². The summed E-state index contributed by atoms with van der Waals surface area (Å²) in [5.41, 5.74) is 3.50. The number of carbonyl (C=O) groups is 1. The number of nitrogens with one attached hydrogen (secondary N) is 1. The molecule has 2 N–H and O–H groups in total. The lowest BCUT2D eigenvalue weighted by molar-refractivity contribution is 0.0743. The van der Waals surface area contributed by atoms with Crippen molar-refractivity contribution in [3.63, 3.8) is 0 Å². The monoisotopic (exact) mass is 419 g/mol. The molecule has 0 fully saturated rings. The van der Waals surface area contributed by atoms with Gasteiger partial charge in [0.2, 0.25) is 0 Å². The van der Waals surface area contributed by atoms with Gasteiger partial charge in [-0.25, -0.2) is 0 Å². The van der Waals surface area contributed by atoms with Gasteiger partial charge in [0.25, 0.3) is 5.91 Å². The minimum Gasteiger partial charge on any atom is -0.507 e. The van der Waals surface area contributed by atoms with Crippen LogP contribution in [0.4, 0.5) is 0 Å². The van der Waals surface area contributed by atoms with Crippen molar-refractivity contribution in [2.45, 2.75) is 45.6 Å². The van der Waals surface area contributed by atoms with Crippen LogP contribution in [0.2, 0.25) is 0 Å². The van der Waals surface area contributed by atoms with Crippen molar-refractivity contribution in [1.82, 2.24) is 15.1 Å². The van der Waals surface area contributed by atoms with Crippen LogP contribution in [0.25, 0.3) is 11.3 Å². The molecule has 0 saturated carbocycles. The number of phenols is 1. The van der Waals surface area contributed by atoms with E-state index < -0.39 is 0 Å². The number of hydrogen-bond acceptors (Lipinski definition) is 4. The van der Waals surface area contributed by atoms with Gasteiger partial charge in [-0.1, -0.05) is 51.0 Å². The molecule has 1 aliphatic rings. The number of H-pyrrole nitrogens is 1. The number of hydrogen-bond donors (Lipinski definition) is 2. The first kappa shape index (κ1) is 21.0. The molecule has 2 aromatic carbocycles. The number of aromatic amines is 1. The van der Waals surface area contributed by atoms with Crippen molar-refractivity contribution in [2.24, 2.45) is 0 Å². The topological polar surface area (TPSA) is 78.5 Å². The highest BCUT2D eigenvalue weighted by molar-refractivity contribution is 6.00. The molecule has 0 radical (unpaired) electrons. The van der Waals surface area contributed by atoms with Crippen molar-refractivity contribution in [1.29, 1.82) is 0 Å². The van der Waals surface area contributed by atoms with E-state index in [0.717, 1.165) is 42.6 Å². The molecule has 1 aliphatic heterocycles. The summed E-state index contributed by atoms with van der Waals surface area (Å²) >= 11 is 0. The maximum atomic E-state index is 13.2. The van der Waals surface area contributed by atoms with Crippen LogP contribution >= 0.6 is 0 Å². The third kappa shape index (κ3) is 4.02. The number of benzene rings is 2. The van der Waals surface area contributed by atoms with Crippen LogP contribution < -0.4 is 4.74 Å². The first-order valence-corrected chi connectivity index (χ1v) is 11.1. The second kappa shape index (κ2) is 9.25. The Kier molecular flexibility index (Phi) is 6.26. The van der Waals surface area contributed by atoms with E-state index in [9.17, 15) is 9.90 Å². The fraction of sp³-hybridized carbons (Fsp3) is 0.360. The van der Waals surface area contributed by atoms with E-state index in [1.807, 2.05) is 41.3 Å². The van der Waals surface area contributed by atoms with Gasteiger partial charge in [0.15, 0.2) is 0 Å². The molecule has 1 unspecified atom stereocenters. The summed E-state index contributed by atoms with van der Waals surface area (Å²) in [5.74, 6) is 0.883. The van der Waals surface area contributed by atoms with Gasteiger partial charge in [0.05, 0.1) is 12.6 Å². The normalized spacial score (nSPS) is 15.4. The van der Waals surface area contributed by atoms with Crippen LogP contribution in [0.15, 0.2) is 48.5 Å². The smallest absolute Gasteiger partial charge is 0.273 e. The number of ether oxygens (including phenoxy) is 1. The molecule has 0 saturated heterocycles. The fourth-order valence-electron chi connectivity index (χ4n) is 4.21. The van der Waals surface area contributed by atoms with Crippen molar-refractivity contribution in [3.8, 4) is 22.8 Å². The van der Waals surface area contributed by atoms with Gasteiger partial charge < -0.3 is 14.7 Å². The number of amides is 1. The van der Waals surface area contributed by atoms with Crippen molar-refractivity contribution in [2.75, 3.05) is 13.2 Å². The summed E-state index contributed by atoms with van der Waals surface area (Å²) in [5, 5.41) is 17.8. The highest BCUT2D eigenvalue weighted by Gasteiger charge is 2.42. The Hall–Kier alpha value is -3.28. The van der Waals surface area contributed by atoms with Crippen molar-refractivity contribution in [3.05, 3.63) is 65.4 Å². The number of para-hydroxylation sites is 1. The van der Waals surface area contributed by atoms with Crippen LogP contribution in [0.5, 0.6) is 11.5 Å². The van der Waals surface area contributed by atoms with Gasteiger partial charge in [0.1, 0.15) is 22.9 Å². The quantitative estimate of drug-likeness (QED) is 0.461. The van der Waals surface area contributed by atoms with Crippen LogP contribution in [-0.4, -0.2) is 39.3 Å². The second-order valence-electron chi connectivity index (χ2n) is 7.91. The Morgan fingerprint density at radius 1 is 1.10 bits per heavy atom. The molecule has 1 amide bonds. The van der Waals surface area contributed by atoms with E-state index in [4.69, 9.17) is 4.74 Å². The molecular weight excluding hydrogens is 390 g/mol. The van der Waals surface area contributed by atoms with E-state index in [1.165, 1.54) is 0 Å². The fourth-order valence-corrected chi connectivity index (χ4v) is 4.21. The lowest BCUT2D eigenvalue weighted by atomic mass is 9.95. The molecular formula is C25H29N3O3. The van der Waals surface area contributed by atoms with Crippen LogP contribution in [0.1, 0.15) is 67.2 Å². The van der Waals surface area contributed by atoms with E-state index in [2.05, 4.69) is 24.0 Å². The number of phenolic OH excluding ortho intramolecular Hbond substituents is 1. The summed E-state index contributed by atoms with van der Waals surface area (Å²) in [6.45, 7) is 5.55. The van der Waals surface area contributed by atoms with E-state index in [1.54, 1.807) is 12.1 Å². The van der Waals surface area contributed by atoms with Gasteiger partial charge >= 0.3 is 0 Å². The Labute approximate surface area is 182 Å². The molecule has 31 heavy (non-hydrogen) atoms. The molecule has 4 rings (SSSR count). The number of rotatable bonds is 9. The Balaban J connectivity index is 1.75. The predicted molar refractivity (Wildman–Crippen MR) is 120 cm³/mol. The van der Waals surface area contributed by atoms with Gasteiger partial charge in [-0.05, 0) is 42.7 Å². The highest BCUT2D eigenvalue weighted by Crippen LogP contribution is 2.44.